The lowest BCUT2D eigenvalue weighted by Crippen LogP contribution is -2.36. The first-order valence-corrected chi connectivity index (χ1v) is 9.67. The van der Waals surface area contributed by atoms with Crippen LogP contribution in [0.2, 0.25) is 0 Å². The van der Waals surface area contributed by atoms with Crippen molar-refractivity contribution in [1.82, 2.24) is 24.8 Å². The summed E-state index contributed by atoms with van der Waals surface area (Å²) in [6.45, 7) is 1.54. The van der Waals surface area contributed by atoms with Crippen molar-refractivity contribution in [2.75, 3.05) is 13.7 Å². The monoisotopic (exact) mass is 383 g/mol. The summed E-state index contributed by atoms with van der Waals surface area (Å²) in [6, 6.07) is 3.42. The van der Waals surface area contributed by atoms with Crippen LogP contribution in [0.4, 0.5) is 0 Å². The minimum atomic E-state index is -0.0539. The molecule has 0 aromatic carbocycles. The topological polar surface area (TPSA) is 89.4 Å². The number of hydrogen-bond acceptors (Lipinski definition) is 5. The Hall–Kier alpha value is -2.90. The molecule has 1 fully saturated rings. The number of nitrogens with one attached hydrogen (secondary N) is 1. The Morgan fingerprint density at radius 1 is 1.32 bits per heavy atom. The van der Waals surface area contributed by atoms with Crippen LogP contribution >= 0.6 is 0 Å². The molecule has 1 N–H and O–H groups in total. The number of fused-ring (bicyclic) bond motifs is 1. The fourth-order valence-electron chi connectivity index (χ4n) is 3.67. The molecule has 0 atom stereocenters. The maximum Gasteiger partial charge on any atom is 0.255 e. The molecule has 2 aliphatic rings. The number of nitrogens with zero attached hydrogens (tertiary/aromatic N) is 4. The first-order chi connectivity index (χ1) is 13.6. The average Bonchev–Trinajstić information content (AvgIpc) is 3.00. The van der Waals surface area contributed by atoms with E-state index in [9.17, 15) is 9.59 Å². The first kappa shape index (κ1) is 18.5. The molecule has 1 aliphatic heterocycles. The van der Waals surface area contributed by atoms with Gasteiger partial charge in [0.2, 0.25) is 11.8 Å². The van der Waals surface area contributed by atoms with Crippen LogP contribution < -0.4 is 10.1 Å². The summed E-state index contributed by atoms with van der Waals surface area (Å²) < 4.78 is 7.05. The maximum atomic E-state index is 12.8. The van der Waals surface area contributed by atoms with Crippen molar-refractivity contribution < 1.29 is 14.3 Å². The number of rotatable bonds is 5. The number of carbonyl (C=O) groups excluding carboxylic acids is 2. The Labute approximate surface area is 163 Å². The second-order valence-electron chi connectivity index (χ2n) is 7.39. The van der Waals surface area contributed by atoms with Gasteiger partial charge in [-0.2, -0.15) is 0 Å². The van der Waals surface area contributed by atoms with Gasteiger partial charge in [0.1, 0.15) is 5.82 Å². The van der Waals surface area contributed by atoms with Crippen LogP contribution in [-0.2, 0) is 31.4 Å². The van der Waals surface area contributed by atoms with Crippen LogP contribution in [0.1, 0.15) is 46.8 Å². The van der Waals surface area contributed by atoms with E-state index in [0.717, 1.165) is 36.5 Å². The minimum Gasteiger partial charge on any atom is -0.481 e. The van der Waals surface area contributed by atoms with Crippen molar-refractivity contribution in [3.63, 3.8) is 0 Å². The fraction of sp³-hybridized carbons (Fsp3) is 0.500. The van der Waals surface area contributed by atoms with E-state index in [1.165, 1.54) is 0 Å². The van der Waals surface area contributed by atoms with Gasteiger partial charge in [-0.3, -0.25) is 9.59 Å². The highest BCUT2D eigenvalue weighted by Crippen LogP contribution is 2.26. The molecule has 0 bridgehead atoms. The second kappa shape index (κ2) is 7.61. The predicted octanol–water partition coefficient (Wildman–Crippen LogP) is 1.44. The largest absolute Gasteiger partial charge is 0.481 e. The van der Waals surface area contributed by atoms with Crippen LogP contribution in [0.15, 0.2) is 18.3 Å². The van der Waals surface area contributed by atoms with Crippen LogP contribution in [0.5, 0.6) is 5.88 Å². The summed E-state index contributed by atoms with van der Waals surface area (Å²) in [5, 5.41) is 3.00. The molecule has 0 unspecified atom stereocenters. The molecule has 2 aromatic heterocycles. The highest BCUT2D eigenvalue weighted by Gasteiger charge is 2.28. The molecule has 3 heterocycles. The zero-order valence-electron chi connectivity index (χ0n) is 16.3. The number of amides is 2. The summed E-state index contributed by atoms with van der Waals surface area (Å²) in [4.78, 5) is 35.5. The van der Waals surface area contributed by atoms with Gasteiger partial charge < -0.3 is 19.5 Å². The van der Waals surface area contributed by atoms with Gasteiger partial charge in [0.15, 0.2) is 0 Å². The van der Waals surface area contributed by atoms with E-state index in [2.05, 4.69) is 10.3 Å². The summed E-state index contributed by atoms with van der Waals surface area (Å²) in [6.07, 6.45) is 5.36. The quantitative estimate of drug-likeness (QED) is 0.844. The number of pyridine rings is 1. The van der Waals surface area contributed by atoms with Gasteiger partial charge in [-0.15, -0.1) is 0 Å². The Morgan fingerprint density at radius 3 is 2.79 bits per heavy atom. The normalized spacial score (nSPS) is 16.3. The molecule has 1 saturated carbocycles. The molecule has 0 saturated heterocycles. The van der Waals surface area contributed by atoms with Gasteiger partial charge in [-0.1, -0.05) is 6.42 Å². The lowest BCUT2D eigenvalue weighted by atomic mass is 9.85. The zero-order chi connectivity index (χ0) is 19.7. The molecule has 148 valence electrons. The van der Waals surface area contributed by atoms with Gasteiger partial charge in [0.05, 0.1) is 37.2 Å². The zero-order valence-corrected chi connectivity index (χ0v) is 16.3. The Kier molecular flexibility index (Phi) is 5.02. The van der Waals surface area contributed by atoms with Gasteiger partial charge in [0, 0.05) is 38.2 Å². The number of imidazole rings is 1. The molecule has 0 spiro atoms. The third-order valence-corrected chi connectivity index (χ3v) is 5.72. The number of carbonyl (C=O) groups is 2. The van der Waals surface area contributed by atoms with Crippen LogP contribution in [0.25, 0.3) is 0 Å². The Bertz CT molecular complexity index is 886. The molecule has 2 aromatic rings. The van der Waals surface area contributed by atoms with E-state index in [1.54, 1.807) is 25.4 Å². The summed E-state index contributed by atoms with van der Waals surface area (Å²) in [5.74, 6) is 1.55. The number of aromatic nitrogens is 3. The number of methoxy groups -OCH3 is 1. The Balaban J connectivity index is 1.43. The van der Waals surface area contributed by atoms with E-state index >= 15 is 0 Å². The van der Waals surface area contributed by atoms with Crippen molar-refractivity contribution >= 4 is 11.8 Å². The molecule has 8 nitrogen and oxygen atoms in total. The predicted molar refractivity (Wildman–Crippen MR) is 102 cm³/mol. The highest BCUT2D eigenvalue weighted by molar-refractivity contribution is 5.94. The van der Waals surface area contributed by atoms with E-state index < -0.39 is 0 Å². The molecule has 4 rings (SSSR count). The summed E-state index contributed by atoms with van der Waals surface area (Å²) >= 11 is 0. The van der Waals surface area contributed by atoms with Crippen LogP contribution in [-0.4, -0.2) is 44.9 Å². The fourth-order valence-corrected chi connectivity index (χ4v) is 3.67. The van der Waals surface area contributed by atoms with Crippen molar-refractivity contribution in [1.29, 1.82) is 0 Å². The Morgan fingerprint density at radius 2 is 2.14 bits per heavy atom. The molecule has 28 heavy (non-hydrogen) atoms. The maximum absolute atomic E-state index is 12.8. The lowest BCUT2D eigenvalue weighted by molar-refractivity contribution is -0.127. The standard InChI is InChI=1S/C20H25N5O3/c1-24-16-12-25(20(27)14-6-7-18(28-2)21-10-14)9-8-15(16)23-17(24)11-22-19(26)13-4-3-5-13/h6-7,10,13H,3-5,8-9,11-12H2,1-2H3,(H,22,26). The van der Waals surface area contributed by atoms with E-state index in [1.807, 2.05) is 16.5 Å². The SMILES string of the molecule is COc1ccc(C(=O)N2CCc3nc(CNC(=O)C4CCC4)n(C)c3C2)cn1. The third kappa shape index (κ3) is 3.46. The van der Waals surface area contributed by atoms with Crippen molar-refractivity contribution in [3.8, 4) is 5.88 Å². The molecule has 1 aliphatic carbocycles. The van der Waals surface area contributed by atoms with E-state index in [-0.39, 0.29) is 17.7 Å². The minimum absolute atomic E-state index is 0.0539. The van der Waals surface area contributed by atoms with Gasteiger partial charge in [-0.25, -0.2) is 9.97 Å². The van der Waals surface area contributed by atoms with Crippen LogP contribution in [0.3, 0.4) is 0 Å². The number of ether oxygens (including phenoxy) is 1. The summed E-state index contributed by atoms with van der Waals surface area (Å²) in [7, 11) is 3.49. The molecular weight excluding hydrogens is 358 g/mol. The van der Waals surface area contributed by atoms with E-state index in [4.69, 9.17) is 9.72 Å². The van der Waals surface area contributed by atoms with Crippen molar-refractivity contribution in [2.24, 2.45) is 13.0 Å². The van der Waals surface area contributed by atoms with Gasteiger partial charge >= 0.3 is 0 Å². The van der Waals surface area contributed by atoms with Gasteiger partial charge in [0.25, 0.3) is 5.91 Å². The molecular formula is C20H25N5O3. The summed E-state index contributed by atoms with van der Waals surface area (Å²) in [5.41, 5.74) is 2.57. The van der Waals surface area contributed by atoms with Crippen molar-refractivity contribution in [2.45, 2.75) is 38.8 Å². The second-order valence-corrected chi connectivity index (χ2v) is 7.39. The molecule has 2 amide bonds. The smallest absolute Gasteiger partial charge is 0.255 e. The first-order valence-electron chi connectivity index (χ1n) is 9.67. The number of hydrogen-bond donors (Lipinski definition) is 1. The highest BCUT2D eigenvalue weighted by atomic mass is 16.5. The van der Waals surface area contributed by atoms with Gasteiger partial charge in [-0.05, 0) is 18.9 Å². The lowest BCUT2D eigenvalue weighted by Gasteiger charge is -2.27. The average molecular weight is 383 g/mol. The molecule has 8 heteroatoms. The molecule has 0 radical (unpaired) electrons. The van der Waals surface area contributed by atoms with Crippen molar-refractivity contribution in [3.05, 3.63) is 41.1 Å². The third-order valence-electron chi connectivity index (χ3n) is 5.72. The van der Waals surface area contributed by atoms with Crippen LogP contribution in [0, 0.1) is 5.92 Å². The van der Waals surface area contributed by atoms with E-state index in [0.29, 0.717) is 37.5 Å².